The Hall–Kier alpha value is -1.81. The number of ether oxygens (including phenoxy) is 2. The van der Waals surface area contributed by atoms with E-state index in [4.69, 9.17) is 28.3 Å². The molecule has 18 heteroatoms. The number of phosphoric acid groups is 2. The molecule has 1 aliphatic rings. The normalized spacial score (nSPS) is 19.3. The Morgan fingerprint density at radius 2 is 1.19 bits per heavy atom. The zero-order chi connectivity index (χ0) is 51.2. The van der Waals surface area contributed by atoms with Gasteiger partial charge in [0, 0.05) is 31.1 Å². The van der Waals surface area contributed by atoms with Gasteiger partial charge in [-0.3, -0.25) is 28.0 Å². The summed E-state index contributed by atoms with van der Waals surface area (Å²) in [4.78, 5) is 65.7. The second kappa shape index (κ2) is 40.6. The highest BCUT2D eigenvalue weighted by Crippen LogP contribution is 2.44. The van der Waals surface area contributed by atoms with Gasteiger partial charge in [0.05, 0.1) is 32.0 Å². The van der Waals surface area contributed by atoms with E-state index < -0.39 is 84.3 Å². The number of esters is 2. The lowest BCUT2D eigenvalue weighted by molar-refractivity contribution is -0.161. The minimum absolute atomic E-state index is 0.00342. The van der Waals surface area contributed by atoms with Crippen molar-refractivity contribution < 1.29 is 76.6 Å². The smallest absolute Gasteiger partial charge is 0.462 e. The van der Waals surface area contributed by atoms with Gasteiger partial charge in [0.2, 0.25) is 0 Å². The molecule has 69 heavy (non-hydrogen) atoms. The van der Waals surface area contributed by atoms with Gasteiger partial charge in [0.15, 0.2) is 6.10 Å². The predicted molar refractivity (Wildman–Crippen MR) is 268 cm³/mol. The van der Waals surface area contributed by atoms with Gasteiger partial charge >= 0.3 is 27.6 Å². The molecule has 8 atom stereocenters. The maximum absolute atomic E-state index is 12.8. The molecule has 1 rings (SSSR count). The maximum Gasteiger partial charge on any atom is 0.472 e. The zero-order valence-corrected chi connectivity index (χ0v) is 44.3. The molecule has 0 radical (unpaired) electrons. The highest BCUT2D eigenvalue weighted by atomic mass is 31.2. The van der Waals surface area contributed by atoms with Crippen molar-refractivity contribution in [1.82, 2.24) is 0 Å². The highest BCUT2D eigenvalue weighted by molar-refractivity contribution is 7.47. The molecule has 6 N–H and O–H groups in total. The van der Waals surface area contributed by atoms with Crippen molar-refractivity contribution in [2.24, 2.45) is 17.8 Å². The monoisotopic (exact) mass is 1020 g/mol. The van der Waals surface area contributed by atoms with Crippen molar-refractivity contribution in [1.29, 1.82) is 0 Å². The Morgan fingerprint density at radius 3 is 1.75 bits per heavy atom. The van der Waals surface area contributed by atoms with E-state index >= 15 is 0 Å². The van der Waals surface area contributed by atoms with Crippen molar-refractivity contribution in [3.63, 3.8) is 0 Å². The molecule has 0 aliphatic heterocycles. The number of ketones is 1. The first-order valence-electron chi connectivity index (χ1n) is 26.5. The third-order valence-electron chi connectivity index (χ3n) is 12.7. The molecule has 0 bridgehead atoms. The van der Waals surface area contributed by atoms with Crippen LogP contribution in [-0.2, 0) is 46.6 Å². The van der Waals surface area contributed by atoms with Crippen LogP contribution in [0.2, 0.25) is 0 Å². The van der Waals surface area contributed by atoms with E-state index in [1.165, 1.54) is 96.3 Å². The van der Waals surface area contributed by atoms with E-state index in [0.717, 1.165) is 50.9 Å². The third-order valence-corrected chi connectivity index (χ3v) is 14.2. The summed E-state index contributed by atoms with van der Waals surface area (Å²) < 4.78 is 48.0. The topological polar surface area (TPSA) is 253 Å². The molecule has 0 amide bonds. The van der Waals surface area contributed by atoms with E-state index in [1.807, 2.05) is 12.2 Å². The second-order valence-corrected chi connectivity index (χ2v) is 21.9. The van der Waals surface area contributed by atoms with Crippen LogP contribution in [-0.4, -0.2) is 98.6 Å². The summed E-state index contributed by atoms with van der Waals surface area (Å²) in [6, 6.07) is 0. The summed E-state index contributed by atoms with van der Waals surface area (Å²) >= 11 is 0. The average Bonchev–Trinajstić information content (AvgIpc) is 3.57. The van der Waals surface area contributed by atoms with Gasteiger partial charge < -0.3 is 39.5 Å². The predicted octanol–water partition coefficient (Wildman–Crippen LogP) is 11.1. The fourth-order valence-electron chi connectivity index (χ4n) is 8.25. The number of phosphoric ester groups is 2. The fraction of sp³-hybridized carbons (Fsp3) is 0.863. The summed E-state index contributed by atoms with van der Waals surface area (Å²) in [7, 11) is -9.78. The van der Waals surface area contributed by atoms with Crippen LogP contribution in [0, 0.1) is 17.8 Å². The van der Waals surface area contributed by atoms with Gasteiger partial charge in [-0.25, -0.2) is 9.13 Å². The third kappa shape index (κ3) is 37.6. The van der Waals surface area contributed by atoms with E-state index in [2.05, 4.69) is 25.3 Å². The summed E-state index contributed by atoms with van der Waals surface area (Å²) in [5, 5.41) is 30.5. The SMILES string of the molecule is CCCCC[C@H](O)/C=C/[C@H]1[C@H](O)CC(=O)[C@@H]1C/C=C\CCCC(=O)OC[C@H](COP(=O)(O)OC[C@@H](O)COP(=O)(O)O)OC(=O)CCCCCCCCCCCCCCCCCCCCC(C)CC. The number of allylic oxidation sites excluding steroid dienone is 2. The van der Waals surface area contributed by atoms with Crippen molar-refractivity contribution in [2.75, 3.05) is 26.4 Å². The lowest BCUT2D eigenvalue weighted by Crippen LogP contribution is -2.30. The van der Waals surface area contributed by atoms with Gasteiger partial charge in [-0.05, 0) is 38.0 Å². The second-order valence-electron chi connectivity index (χ2n) is 19.2. The van der Waals surface area contributed by atoms with Crippen LogP contribution in [0.4, 0.5) is 0 Å². The van der Waals surface area contributed by atoms with E-state index in [-0.39, 0.29) is 31.0 Å². The molecule has 1 fully saturated rings. The molecule has 1 saturated carbocycles. The molecule has 0 aromatic carbocycles. The number of unbranched alkanes of at least 4 members (excludes halogenated alkanes) is 20. The zero-order valence-electron chi connectivity index (χ0n) is 42.6. The van der Waals surface area contributed by atoms with Crippen LogP contribution in [0.5, 0.6) is 0 Å². The molecule has 16 nitrogen and oxygen atoms in total. The first-order chi connectivity index (χ1) is 33.0. The molecule has 0 saturated heterocycles. The molecule has 2 unspecified atom stereocenters. The fourth-order valence-corrected chi connectivity index (χ4v) is 9.40. The molecule has 1 aliphatic carbocycles. The van der Waals surface area contributed by atoms with Gasteiger partial charge in [-0.2, -0.15) is 0 Å². The van der Waals surface area contributed by atoms with Gasteiger partial charge in [-0.15, -0.1) is 0 Å². The van der Waals surface area contributed by atoms with Crippen molar-refractivity contribution in [3.05, 3.63) is 24.3 Å². The Morgan fingerprint density at radius 1 is 0.667 bits per heavy atom. The maximum atomic E-state index is 12.8. The quantitative estimate of drug-likeness (QED) is 0.0143. The van der Waals surface area contributed by atoms with Crippen LogP contribution in [0.25, 0.3) is 0 Å². The lowest BCUT2D eigenvalue weighted by atomic mass is 9.90. The Bertz CT molecular complexity index is 1490. The number of aliphatic hydroxyl groups excluding tert-OH is 3. The number of rotatable bonds is 46. The average molecular weight is 1030 g/mol. The van der Waals surface area contributed by atoms with Gasteiger partial charge in [0.1, 0.15) is 18.5 Å². The van der Waals surface area contributed by atoms with Gasteiger partial charge in [0.25, 0.3) is 0 Å². The van der Waals surface area contributed by atoms with E-state index in [9.17, 15) is 43.7 Å². The number of carbonyl (C=O) groups excluding carboxylic acids is 3. The molecule has 0 aromatic heterocycles. The highest BCUT2D eigenvalue weighted by Gasteiger charge is 2.39. The number of hydrogen-bond acceptors (Lipinski definition) is 13. The summed E-state index contributed by atoms with van der Waals surface area (Å²) in [6.45, 7) is 3.78. The molecule has 404 valence electrons. The van der Waals surface area contributed by atoms with Crippen LogP contribution in [0.3, 0.4) is 0 Å². The van der Waals surface area contributed by atoms with Crippen LogP contribution in [0.15, 0.2) is 24.3 Å². The summed E-state index contributed by atoms with van der Waals surface area (Å²) in [5.41, 5.74) is 0. The first-order valence-corrected chi connectivity index (χ1v) is 29.6. The van der Waals surface area contributed by atoms with Gasteiger partial charge in [-0.1, -0.05) is 186 Å². The first kappa shape index (κ1) is 65.2. The number of Topliss-reactive ketones (excluding diaryl/α,β-unsaturated/α-hetero) is 1. The lowest BCUT2D eigenvalue weighted by Gasteiger charge is -2.20. The molecule has 0 heterocycles. The molecule has 0 spiro atoms. The van der Waals surface area contributed by atoms with Crippen LogP contribution >= 0.6 is 15.6 Å². The van der Waals surface area contributed by atoms with E-state index in [1.54, 1.807) is 12.2 Å². The molecular weight excluding hydrogens is 930 g/mol. The van der Waals surface area contributed by atoms with E-state index in [0.29, 0.717) is 32.1 Å². The van der Waals surface area contributed by atoms with Crippen molar-refractivity contribution >= 4 is 33.4 Å². The summed E-state index contributed by atoms with van der Waals surface area (Å²) in [6.07, 6.45) is 32.4. The Kier molecular flexibility index (Phi) is 38.4. The minimum atomic E-state index is -4.90. The molecule has 0 aromatic rings. The minimum Gasteiger partial charge on any atom is -0.462 e. The Balaban J connectivity index is 2.44. The van der Waals surface area contributed by atoms with Crippen molar-refractivity contribution in [2.45, 2.75) is 238 Å². The number of carbonyl (C=O) groups is 3. The largest absolute Gasteiger partial charge is 0.472 e. The molecular formula is C51H94O16P2. The van der Waals surface area contributed by atoms with Crippen LogP contribution in [0.1, 0.15) is 213 Å². The standard InChI is InChI=1S/C51H94O16P2/c1-4-6-25-31-43(52)35-36-47-46(48(54)37-49(47)55)32-27-23-24-28-33-50(56)63-40-45(41-66-69(61,62)65-39-44(53)38-64-68(58,59)60)67-51(57)34-29-22-20-18-16-14-12-10-8-7-9-11-13-15-17-19-21-26-30-42(3)5-2/h23,27,35-36,42-47,49,52-53,55H,4-22,24-26,28-34,37-41H2,1-3H3,(H,61,62)(H2,58,59,60)/b27-23-,36-35+/t42?,43-,44-,45+,46+,47+,49+/m0/s1. The number of hydrogen-bond donors (Lipinski definition) is 6. The summed E-state index contributed by atoms with van der Waals surface area (Å²) in [5.74, 6) is -1.18. The Labute approximate surface area is 415 Å². The van der Waals surface area contributed by atoms with Crippen molar-refractivity contribution in [3.8, 4) is 0 Å². The van der Waals surface area contributed by atoms with Crippen LogP contribution < -0.4 is 0 Å². The number of aliphatic hydroxyl groups is 3.